The molecule has 108 valence electrons. The molecule has 0 aromatic heterocycles. The van der Waals surface area contributed by atoms with Crippen molar-refractivity contribution in [1.29, 1.82) is 0 Å². The van der Waals surface area contributed by atoms with Gasteiger partial charge < -0.3 is 5.32 Å². The van der Waals surface area contributed by atoms with E-state index in [9.17, 15) is 0 Å². The van der Waals surface area contributed by atoms with Gasteiger partial charge in [0.15, 0.2) is 0 Å². The minimum Gasteiger partial charge on any atom is -0.317 e. The van der Waals surface area contributed by atoms with Crippen LogP contribution in [0.25, 0.3) is 0 Å². The van der Waals surface area contributed by atoms with E-state index >= 15 is 0 Å². The molecule has 0 aliphatic heterocycles. The van der Waals surface area contributed by atoms with E-state index in [0.717, 1.165) is 12.3 Å². The van der Waals surface area contributed by atoms with Crippen LogP contribution < -0.4 is 5.32 Å². The molecule has 0 aliphatic rings. The average Bonchev–Trinajstić information content (AvgIpc) is 2.25. The van der Waals surface area contributed by atoms with Crippen molar-refractivity contribution in [1.82, 2.24) is 5.32 Å². The lowest BCUT2D eigenvalue weighted by Crippen LogP contribution is -2.30. The Bertz CT molecular complexity index is 376. The van der Waals surface area contributed by atoms with Crippen molar-refractivity contribution in [2.75, 3.05) is 7.05 Å². The second-order valence-corrected chi connectivity index (χ2v) is 7.28. The van der Waals surface area contributed by atoms with Crippen LogP contribution in [0.15, 0.2) is 24.3 Å². The molecule has 0 heterocycles. The van der Waals surface area contributed by atoms with Crippen LogP contribution in [0.5, 0.6) is 0 Å². The molecule has 1 nitrogen and oxygen atoms in total. The van der Waals surface area contributed by atoms with Gasteiger partial charge in [-0.15, -0.1) is 0 Å². The fraction of sp³-hybridized carbons (Fsp3) is 0.667. The van der Waals surface area contributed by atoms with Crippen LogP contribution in [0.2, 0.25) is 0 Å². The van der Waals surface area contributed by atoms with Gasteiger partial charge >= 0.3 is 0 Å². The fourth-order valence-electron chi connectivity index (χ4n) is 3.04. The van der Waals surface area contributed by atoms with Gasteiger partial charge in [-0.25, -0.2) is 0 Å². The van der Waals surface area contributed by atoms with Gasteiger partial charge in [0.05, 0.1) is 0 Å². The lowest BCUT2D eigenvalue weighted by Gasteiger charge is -2.26. The second-order valence-electron chi connectivity index (χ2n) is 7.28. The number of hydrogen-bond acceptors (Lipinski definition) is 1. The number of rotatable bonds is 6. The zero-order valence-corrected chi connectivity index (χ0v) is 13.6. The molecule has 0 saturated heterocycles. The van der Waals surface area contributed by atoms with Crippen molar-refractivity contribution in [3.8, 4) is 0 Å². The highest BCUT2D eigenvalue weighted by atomic mass is 14.9. The van der Waals surface area contributed by atoms with Crippen LogP contribution in [-0.2, 0) is 6.42 Å². The first-order valence-corrected chi connectivity index (χ1v) is 7.53. The van der Waals surface area contributed by atoms with Gasteiger partial charge in [-0.3, -0.25) is 0 Å². The predicted octanol–water partition coefficient (Wildman–Crippen LogP) is 4.59. The summed E-state index contributed by atoms with van der Waals surface area (Å²) >= 11 is 0. The maximum Gasteiger partial charge on any atom is 0.0107 e. The van der Waals surface area contributed by atoms with Crippen LogP contribution in [0.3, 0.4) is 0 Å². The van der Waals surface area contributed by atoms with Gasteiger partial charge in [-0.05, 0) is 50.1 Å². The largest absolute Gasteiger partial charge is 0.317 e. The first-order valence-electron chi connectivity index (χ1n) is 7.53. The summed E-state index contributed by atoms with van der Waals surface area (Å²) in [5.74, 6) is 0.766. The summed E-state index contributed by atoms with van der Waals surface area (Å²) in [5, 5.41) is 3.49. The van der Waals surface area contributed by atoms with E-state index < -0.39 is 0 Å². The molecule has 1 N–H and O–H groups in total. The summed E-state index contributed by atoms with van der Waals surface area (Å²) in [6.07, 6.45) is 3.67. The Kier molecular flexibility index (Phi) is 6.06. The quantitative estimate of drug-likeness (QED) is 0.790. The average molecular weight is 261 g/mol. The Balaban J connectivity index is 2.54. The standard InChI is InChI=1S/C18H31N/c1-14-8-7-9-16(10-14)12-17(19-6)11-15(2)13-18(3,4)5/h7-10,15,17,19H,11-13H2,1-6H3. The molecule has 0 saturated carbocycles. The predicted molar refractivity (Wildman–Crippen MR) is 85.6 cm³/mol. The molecule has 1 aromatic rings. The molecule has 1 rings (SSSR count). The van der Waals surface area contributed by atoms with Crippen LogP contribution in [-0.4, -0.2) is 13.1 Å². The van der Waals surface area contributed by atoms with Gasteiger partial charge in [0.2, 0.25) is 0 Å². The minimum atomic E-state index is 0.432. The van der Waals surface area contributed by atoms with Crippen molar-refractivity contribution in [2.45, 2.75) is 59.9 Å². The summed E-state index contributed by atoms with van der Waals surface area (Å²) in [5.41, 5.74) is 3.23. The highest BCUT2D eigenvalue weighted by molar-refractivity contribution is 5.23. The minimum absolute atomic E-state index is 0.432. The maximum absolute atomic E-state index is 3.49. The lowest BCUT2D eigenvalue weighted by atomic mass is 9.82. The van der Waals surface area contributed by atoms with Crippen LogP contribution in [0, 0.1) is 18.3 Å². The number of aryl methyl sites for hydroxylation is 1. The molecule has 0 aliphatic carbocycles. The maximum atomic E-state index is 3.49. The Morgan fingerprint density at radius 1 is 1.21 bits per heavy atom. The van der Waals surface area contributed by atoms with Crippen molar-refractivity contribution in [3.05, 3.63) is 35.4 Å². The molecule has 0 spiro atoms. The smallest absolute Gasteiger partial charge is 0.0107 e. The third-order valence-electron chi connectivity index (χ3n) is 3.62. The first kappa shape index (κ1) is 16.2. The van der Waals surface area contributed by atoms with Gasteiger partial charge in [0.25, 0.3) is 0 Å². The van der Waals surface area contributed by atoms with Gasteiger partial charge in [0.1, 0.15) is 0 Å². The van der Waals surface area contributed by atoms with E-state index in [0.29, 0.717) is 11.5 Å². The molecular formula is C18H31N. The molecule has 0 amide bonds. The van der Waals surface area contributed by atoms with Gasteiger partial charge in [-0.2, -0.15) is 0 Å². The monoisotopic (exact) mass is 261 g/mol. The second kappa shape index (κ2) is 7.09. The van der Waals surface area contributed by atoms with Crippen molar-refractivity contribution >= 4 is 0 Å². The van der Waals surface area contributed by atoms with Gasteiger partial charge in [0, 0.05) is 6.04 Å². The summed E-state index contributed by atoms with van der Waals surface area (Å²) in [4.78, 5) is 0. The summed E-state index contributed by atoms with van der Waals surface area (Å²) in [6, 6.07) is 9.46. The third kappa shape index (κ3) is 6.77. The molecule has 0 bridgehead atoms. The number of hydrogen-bond donors (Lipinski definition) is 1. The molecule has 1 heteroatoms. The topological polar surface area (TPSA) is 12.0 Å². The first-order chi connectivity index (χ1) is 8.80. The van der Waals surface area contributed by atoms with Gasteiger partial charge in [-0.1, -0.05) is 57.5 Å². The Hall–Kier alpha value is -0.820. The molecule has 19 heavy (non-hydrogen) atoms. The fourth-order valence-corrected chi connectivity index (χ4v) is 3.04. The van der Waals surface area contributed by atoms with E-state index in [4.69, 9.17) is 0 Å². The van der Waals surface area contributed by atoms with E-state index in [1.54, 1.807) is 0 Å². The highest BCUT2D eigenvalue weighted by Crippen LogP contribution is 2.27. The molecule has 2 unspecified atom stereocenters. The molecule has 0 fully saturated rings. The van der Waals surface area contributed by atoms with Crippen molar-refractivity contribution in [2.24, 2.45) is 11.3 Å². The van der Waals surface area contributed by atoms with Crippen LogP contribution in [0.4, 0.5) is 0 Å². The van der Waals surface area contributed by atoms with E-state index in [1.807, 2.05) is 0 Å². The Morgan fingerprint density at radius 2 is 1.89 bits per heavy atom. The Morgan fingerprint density at radius 3 is 2.42 bits per heavy atom. The molecule has 0 radical (unpaired) electrons. The zero-order valence-electron chi connectivity index (χ0n) is 13.6. The molecule has 2 atom stereocenters. The van der Waals surface area contributed by atoms with Crippen molar-refractivity contribution < 1.29 is 0 Å². The van der Waals surface area contributed by atoms with Crippen LogP contribution in [0.1, 0.15) is 51.7 Å². The SMILES string of the molecule is CNC(Cc1cccc(C)c1)CC(C)CC(C)(C)C. The van der Waals surface area contributed by atoms with Crippen molar-refractivity contribution in [3.63, 3.8) is 0 Å². The molecular weight excluding hydrogens is 230 g/mol. The zero-order chi connectivity index (χ0) is 14.5. The normalized spacial score (nSPS) is 15.3. The van der Waals surface area contributed by atoms with E-state index in [2.05, 4.69) is 71.2 Å². The summed E-state index contributed by atoms with van der Waals surface area (Å²) in [7, 11) is 2.09. The molecule has 1 aromatic carbocycles. The summed E-state index contributed by atoms with van der Waals surface area (Å²) < 4.78 is 0. The lowest BCUT2D eigenvalue weighted by molar-refractivity contribution is 0.277. The Labute approximate surface area is 119 Å². The van der Waals surface area contributed by atoms with E-state index in [-0.39, 0.29) is 0 Å². The number of likely N-dealkylation sites (N-methyl/N-ethyl adjacent to an activating group) is 1. The van der Waals surface area contributed by atoms with E-state index in [1.165, 1.54) is 24.0 Å². The van der Waals surface area contributed by atoms with Crippen LogP contribution >= 0.6 is 0 Å². The highest BCUT2D eigenvalue weighted by Gasteiger charge is 2.18. The summed E-state index contributed by atoms with van der Waals surface area (Å²) in [6.45, 7) is 11.5. The third-order valence-corrected chi connectivity index (χ3v) is 3.62. The number of benzene rings is 1. The number of nitrogens with one attached hydrogen (secondary N) is 1.